The van der Waals surface area contributed by atoms with Gasteiger partial charge in [-0.2, -0.15) is 5.26 Å². The zero-order chi connectivity index (χ0) is 18.5. The van der Waals surface area contributed by atoms with E-state index in [2.05, 4.69) is 21.7 Å². The third kappa shape index (κ3) is 4.18. The van der Waals surface area contributed by atoms with Crippen molar-refractivity contribution in [2.24, 2.45) is 0 Å². The molecule has 5 nitrogen and oxygen atoms in total. The number of pyridine rings is 1. The van der Waals surface area contributed by atoms with Crippen LogP contribution >= 0.6 is 11.6 Å². The van der Waals surface area contributed by atoms with Gasteiger partial charge in [0.2, 0.25) is 0 Å². The topological polar surface area (TPSA) is 77.8 Å². The Morgan fingerprint density at radius 2 is 1.88 bits per heavy atom. The largest absolute Gasteiger partial charge is 0.340 e. The monoisotopic (exact) mass is 362 g/mol. The fourth-order valence-corrected chi connectivity index (χ4v) is 2.57. The molecule has 1 aromatic heterocycles. The first-order valence-electron chi connectivity index (χ1n) is 7.86. The van der Waals surface area contributed by atoms with Crippen LogP contribution in [0, 0.1) is 18.3 Å². The average Bonchev–Trinajstić information content (AvgIpc) is 2.65. The van der Waals surface area contributed by atoms with Gasteiger partial charge < -0.3 is 10.6 Å². The van der Waals surface area contributed by atoms with Crippen LogP contribution in [-0.2, 0) is 0 Å². The summed E-state index contributed by atoms with van der Waals surface area (Å²) >= 11 is 5.93. The summed E-state index contributed by atoms with van der Waals surface area (Å²) in [6.45, 7) is 1.88. The van der Waals surface area contributed by atoms with E-state index in [1.807, 2.05) is 6.92 Å². The zero-order valence-electron chi connectivity index (χ0n) is 14.0. The predicted molar refractivity (Wildman–Crippen MR) is 103 cm³/mol. The lowest BCUT2D eigenvalue weighted by molar-refractivity contribution is 0.102. The van der Waals surface area contributed by atoms with E-state index in [4.69, 9.17) is 16.9 Å². The van der Waals surface area contributed by atoms with Crippen molar-refractivity contribution < 1.29 is 4.79 Å². The third-order valence-corrected chi connectivity index (χ3v) is 3.98. The Bertz CT molecular complexity index is 976. The number of hydrogen-bond acceptors (Lipinski definition) is 4. The number of amides is 1. The molecule has 0 unspecified atom stereocenters. The number of aryl methyl sites for hydroxylation is 1. The summed E-state index contributed by atoms with van der Waals surface area (Å²) in [5.41, 5.74) is 3.44. The molecule has 128 valence electrons. The molecule has 0 atom stereocenters. The standard InChI is InChI=1S/C20H15ClN4O/c1-13-10-16(21)5-8-18(13)25-20(26)15-4-9-19(23-12-15)24-17-6-2-14(11-22)3-7-17/h2-10,12H,1H3,(H,23,24)(H,25,26). The normalized spacial score (nSPS) is 10.0. The molecule has 26 heavy (non-hydrogen) atoms. The van der Waals surface area contributed by atoms with Gasteiger partial charge in [0.15, 0.2) is 0 Å². The summed E-state index contributed by atoms with van der Waals surface area (Å²) in [5, 5.41) is 15.4. The highest BCUT2D eigenvalue weighted by Gasteiger charge is 2.09. The molecule has 3 aromatic rings. The van der Waals surface area contributed by atoms with Crippen LogP contribution in [-0.4, -0.2) is 10.9 Å². The van der Waals surface area contributed by atoms with Crippen LogP contribution in [0.4, 0.5) is 17.2 Å². The zero-order valence-corrected chi connectivity index (χ0v) is 14.7. The number of aromatic nitrogens is 1. The first-order valence-corrected chi connectivity index (χ1v) is 8.24. The maximum absolute atomic E-state index is 12.4. The summed E-state index contributed by atoms with van der Waals surface area (Å²) in [7, 11) is 0. The van der Waals surface area contributed by atoms with Crippen LogP contribution in [0.3, 0.4) is 0 Å². The van der Waals surface area contributed by atoms with E-state index in [9.17, 15) is 4.79 Å². The number of nitriles is 1. The van der Waals surface area contributed by atoms with Crippen molar-refractivity contribution in [3.05, 3.63) is 82.5 Å². The fourth-order valence-electron chi connectivity index (χ4n) is 2.34. The van der Waals surface area contributed by atoms with Gasteiger partial charge in [0.25, 0.3) is 5.91 Å². The first kappa shape index (κ1) is 17.5. The number of rotatable bonds is 4. The van der Waals surface area contributed by atoms with Crippen molar-refractivity contribution in [3.63, 3.8) is 0 Å². The molecule has 0 spiro atoms. The molecule has 2 N–H and O–H groups in total. The second-order valence-electron chi connectivity index (χ2n) is 5.66. The molecular weight excluding hydrogens is 348 g/mol. The molecule has 1 amide bonds. The predicted octanol–water partition coefficient (Wildman–Crippen LogP) is 4.91. The molecule has 0 saturated carbocycles. The number of nitrogens with zero attached hydrogens (tertiary/aromatic N) is 2. The Morgan fingerprint density at radius 3 is 2.50 bits per heavy atom. The summed E-state index contributed by atoms with van der Waals surface area (Å²) in [5.74, 6) is 0.363. The van der Waals surface area contributed by atoms with Gasteiger partial charge in [0.05, 0.1) is 17.2 Å². The Kier molecular flexibility index (Phi) is 5.16. The number of nitrogens with one attached hydrogen (secondary N) is 2. The summed E-state index contributed by atoms with van der Waals surface area (Å²) in [6, 6.07) is 17.8. The highest BCUT2D eigenvalue weighted by atomic mass is 35.5. The van der Waals surface area contributed by atoms with Gasteiger partial charge in [-0.3, -0.25) is 4.79 Å². The Balaban J connectivity index is 1.68. The van der Waals surface area contributed by atoms with Gasteiger partial charge in [-0.05, 0) is 67.1 Å². The highest BCUT2D eigenvalue weighted by molar-refractivity contribution is 6.30. The van der Waals surface area contributed by atoms with Crippen LogP contribution in [0.2, 0.25) is 5.02 Å². The molecule has 0 bridgehead atoms. The number of benzene rings is 2. The van der Waals surface area contributed by atoms with Crippen LogP contribution in [0.15, 0.2) is 60.8 Å². The van der Waals surface area contributed by atoms with Gasteiger partial charge in [-0.1, -0.05) is 11.6 Å². The van der Waals surface area contributed by atoms with Crippen molar-refractivity contribution >= 4 is 34.7 Å². The second-order valence-corrected chi connectivity index (χ2v) is 6.10. The SMILES string of the molecule is Cc1cc(Cl)ccc1NC(=O)c1ccc(Nc2ccc(C#N)cc2)nc1. The quantitative estimate of drug-likeness (QED) is 0.691. The molecule has 0 fully saturated rings. The fraction of sp³-hybridized carbons (Fsp3) is 0.0500. The Hall–Kier alpha value is -3.36. The minimum Gasteiger partial charge on any atom is -0.340 e. The Labute approximate surface area is 156 Å². The van der Waals surface area contributed by atoms with Crippen LogP contribution in [0.25, 0.3) is 0 Å². The first-order chi connectivity index (χ1) is 12.5. The van der Waals surface area contributed by atoms with Crippen molar-refractivity contribution in [1.82, 2.24) is 4.98 Å². The van der Waals surface area contributed by atoms with E-state index in [-0.39, 0.29) is 5.91 Å². The van der Waals surface area contributed by atoms with Crippen molar-refractivity contribution in [3.8, 4) is 6.07 Å². The molecule has 0 aliphatic heterocycles. The van der Waals surface area contributed by atoms with Crippen molar-refractivity contribution in [2.75, 3.05) is 10.6 Å². The highest BCUT2D eigenvalue weighted by Crippen LogP contribution is 2.21. The summed E-state index contributed by atoms with van der Waals surface area (Å²) in [6.07, 6.45) is 1.51. The van der Waals surface area contributed by atoms with Crippen LogP contribution < -0.4 is 10.6 Å². The molecule has 0 saturated heterocycles. The molecule has 0 aliphatic carbocycles. The number of anilines is 3. The maximum atomic E-state index is 12.4. The molecule has 3 rings (SSSR count). The molecule has 0 radical (unpaired) electrons. The van der Waals surface area contributed by atoms with Gasteiger partial charge in [-0.15, -0.1) is 0 Å². The van der Waals surface area contributed by atoms with Crippen LogP contribution in [0.5, 0.6) is 0 Å². The van der Waals surface area contributed by atoms with Gasteiger partial charge in [0.1, 0.15) is 5.82 Å². The molecule has 0 aliphatic rings. The molecule has 1 heterocycles. The van der Waals surface area contributed by atoms with E-state index in [0.29, 0.717) is 27.7 Å². The minimum atomic E-state index is -0.243. The van der Waals surface area contributed by atoms with Crippen LogP contribution in [0.1, 0.15) is 21.5 Å². The van der Waals surface area contributed by atoms with E-state index in [1.54, 1.807) is 54.6 Å². The third-order valence-electron chi connectivity index (χ3n) is 3.75. The van der Waals surface area contributed by atoms with Crippen molar-refractivity contribution in [2.45, 2.75) is 6.92 Å². The number of halogens is 1. The van der Waals surface area contributed by atoms with Gasteiger partial charge in [0, 0.05) is 22.6 Å². The van der Waals surface area contributed by atoms with E-state index in [1.165, 1.54) is 6.20 Å². The van der Waals surface area contributed by atoms with Gasteiger partial charge in [-0.25, -0.2) is 4.98 Å². The lowest BCUT2D eigenvalue weighted by Gasteiger charge is -2.09. The van der Waals surface area contributed by atoms with E-state index < -0.39 is 0 Å². The summed E-state index contributed by atoms with van der Waals surface area (Å²) in [4.78, 5) is 16.6. The molecular formula is C20H15ClN4O. The van der Waals surface area contributed by atoms with E-state index in [0.717, 1.165) is 11.3 Å². The second kappa shape index (κ2) is 7.68. The molecule has 6 heteroatoms. The minimum absolute atomic E-state index is 0.243. The van der Waals surface area contributed by atoms with E-state index >= 15 is 0 Å². The lowest BCUT2D eigenvalue weighted by Crippen LogP contribution is -2.13. The van der Waals surface area contributed by atoms with Gasteiger partial charge >= 0.3 is 0 Å². The summed E-state index contributed by atoms with van der Waals surface area (Å²) < 4.78 is 0. The number of hydrogen-bond donors (Lipinski definition) is 2. The lowest BCUT2D eigenvalue weighted by atomic mass is 10.2. The maximum Gasteiger partial charge on any atom is 0.257 e. The smallest absolute Gasteiger partial charge is 0.257 e. The number of carbonyl (C=O) groups is 1. The number of carbonyl (C=O) groups excluding carboxylic acids is 1. The average molecular weight is 363 g/mol. The van der Waals surface area contributed by atoms with Crippen molar-refractivity contribution in [1.29, 1.82) is 5.26 Å². The Morgan fingerprint density at radius 1 is 1.12 bits per heavy atom. The molecule has 2 aromatic carbocycles.